The zero-order chi connectivity index (χ0) is 28.2. The van der Waals surface area contributed by atoms with Gasteiger partial charge in [-0.1, -0.05) is 12.1 Å². The monoisotopic (exact) mass is 537 g/mol. The van der Waals surface area contributed by atoms with Gasteiger partial charge in [-0.25, -0.2) is 0 Å². The van der Waals surface area contributed by atoms with Gasteiger partial charge >= 0.3 is 6.18 Å². The van der Waals surface area contributed by atoms with Gasteiger partial charge in [-0.15, -0.1) is 0 Å². The molecule has 2 heterocycles. The van der Waals surface area contributed by atoms with E-state index in [0.717, 1.165) is 29.0 Å². The number of rotatable bonds is 8. The standard InChI is InChI=1S/C28H26F3N5O3/c1-17-25(18(2)36(35-17)15-20-12-13-33-24(14-20)27(38)32-3)34-26(37)21-6-4-19(5-7-21)16-39-23-10-8-22(9-11-23)28(29,30)31/h4-14H,15-16H2,1-3H3,(H,32,38)(H,34,37). The van der Waals surface area contributed by atoms with Crippen molar-refractivity contribution in [2.24, 2.45) is 0 Å². The predicted molar refractivity (Wildman–Crippen MR) is 139 cm³/mol. The van der Waals surface area contributed by atoms with Gasteiger partial charge in [0.05, 0.1) is 29.2 Å². The lowest BCUT2D eigenvalue weighted by molar-refractivity contribution is -0.137. The number of ether oxygens (including phenoxy) is 1. The van der Waals surface area contributed by atoms with Crippen LogP contribution in [-0.4, -0.2) is 33.6 Å². The average molecular weight is 538 g/mol. The number of carbonyl (C=O) groups is 2. The average Bonchev–Trinajstić information content (AvgIpc) is 3.18. The highest BCUT2D eigenvalue weighted by Crippen LogP contribution is 2.30. The molecular formula is C28H26F3N5O3. The second-order valence-electron chi connectivity index (χ2n) is 8.79. The lowest BCUT2D eigenvalue weighted by Crippen LogP contribution is -2.19. The number of alkyl halides is 3. The van der Waals surface area contributed by atoms with E-state index in [4.69, 9.17) is 4.74 Å². The molecular weight excluding hydrogens is 511 g/mol. The number of hydrogen-bond acceptors (Lipinski definition) is 5. The number of benzene rings is 2. The van der Waals surface area contributed by atoms with Crippen LogP contribution in [0, 0.1) is 13.8 Å². The molecule has 4 aromatic rings. The van der Waals surface area contributed by atoms with Crippen molar-refractivity contribution in [3.8, 4) is 5.75 Å². The molecule has 0 atom stereocenters. The second-order valence-corrected chi connectivity index (χ2v) is 8.79. The van der Waals surface area contributed by atoms with Crippen LogP contribution >= 0.6 is 0 Å². The quantitative estimate of drug-likeness (QED) is 0.324. The van der Waals surface area contributed by atoms with E-state index in [1.165, 1.54) is 19.2 Å². The number of carbonyl (C=O) groups excluding carboxylic acids is 2. The molecule has 0 bridgehead atoms. The van der Waals surface area contributed by atoms with Crippen LogP contribution in [0.5, 0.6) is 5.75 Å². The molecule has 39 heavy (non-hydrogen) atoms. The Balaban J connectivity index is 1.38. The maximum Gasteiger partial charge on any atom is 0.416 e. The number of halogens is 3. The molecule has 0 spiro atoms. The number of aryl methyl sites for hydroxylation is 1. The topological polar surface area (TPSA) is 98.1 Å². The van der Waals surface area contributed by atoms with E-state index < -0.39 is 11.7 Å². The van der Waals surface area contributed by atoms with E-state index in [1.54, 1.807) is 54.2 Å². The van der Waals surface area contributed by atoms with Crippen molar-refractivity contribution >= 4 is 17.5 Å². The summed E-state index contributed by atoms with van der Waals surface area (Å²) in [7, 11) is 1.54. The number of amides is 2. The SMILES string of the molecule is CNC(=O)c1cc(Cn2nc(C)c(NC(=O)c3ccc(COc4ccc(C(F)(F)F)cc4)cc3)c2C)ccn1. The Morgan fingerprint density at radius 3 is 2.28 bits per heavy atom. The molecule has 2 aromatic heterocycles. The molecule has 2 aromatic carbocycles. The van der Waals surface area contributed by atoms with Gasteiger partial charge < -0.3 is 15.4 Å². The molecule has 8 nitrogen and oxygen atoms in total. The first-order chi connectivity index (χ1) is 18.5. The van der Waals surface area contributed by atoms with Gasteiger partial charge in [0.25, 0.3) is 11.8 Å². The summed E-state index contributed by atoms with van der Waals surface area (Å²) in [5, 5.41) is 9.99. The Bertz CT molecular complexity index is 1480. The fraction of sp³-hybridized carbons (Fsp3) is 0.214. The highest BCUT2D eigenvalue weighted by molar-refractivity contribution is 6.04. The Hall–Kier alpha value is -4.67. The van der Waals surface area contributed by atoms with Gasteiger partial charge in [0, 0.05) is 18.8 Å². The summed E-state index contributed by atoms with van der Waals surface area (Å²) in [6.07, 6.45) is -2.84. The van der Waals surface area contributed by atoms with E-state index >= 15 is 0 Å². The van der Waals surface area contributed by atoms with E-state index in [9.17, 15) is 22.8 Å². The van der Waals surface area contributed by atoms with Gasteiger partial charge in [-0.2, -0.15) is 18.3 Å². The molecule has 0 saturated heterocycles. The first kappa shape index (κ1) is 27.4. The Labute approximate surface area is 222 Å². The maximum atomic E-state index is 12.9. The lowest BCUT2D eigenvalue weighted by atomic mass is 10.1. The molecule has 202 valence electrons. The highest BCUT2D eigenvalue weighted by atomic mass is 19.4. The van der Waals surface area contributed by atoms with Crippen LogP contribution in [0.25, 0.3) is 0 Å². The minimum Gasteiger partial charge on any atom is -0.489 e. The van der Waals surface area contributed by atoms with Gasteiger partial charge in [-0.05, 0) is 73.5 Å². The van der Waals surface area contributed by atoms with Crippen molar-refractivity contribution in [1.29, 1.82) is 0 Å². The predicted octanol–water partition coefficient (Wildman–Crippen LogP) is 5.15. The zero-order valence-electron chi connectivity index (χ0n) is 21.5. The molecule has 0 unspecified atom stereocenters. The highest BCUT2D eigenvalue weighted by Gasteiger charge is 2.30. The van der Waals surface area contributed by atoms with Crippen LogP contribution in [0.1, 0.15) is 48.9 Å². The first-order valence-corrected chi connectivity index (χ1v) is 12.0. The molecule has 0 fully saturated rings. The third-order valence-electron chi connectivity index (χ3n) is 6.04. The van der Waals surface area contributed by atoms with Crippen LogP contribution < -0.4 is 15.4 Å². The molecule has 0 aliphatic rings. The van der Waals surface area contributed by atoms with Gasteiger partial charge in [0.1, 0.15) is 18.1 Å². The Morgan fingerprint density at radius 2 is 1.64 bits per heavy atom. The molecule has 11 heteroatoms. The number of aromatic nitrogens is 3. The summed E-state index contributed by atoms with van der Waals surface area (Å²) in [5.41, 5.74) is 3.55. The summed E-state index contributed by atoms with van der Waals surface area (Å²) in [6.45, 7) is 4.17. The van der Waals surface area contributed by atoms with E-state index in [1.807, 2.05) is 6.92 Å². The largest absolute Gasteiger partial charge is 0.489 e. The lowest BCUT2D eigenvalue weighted by Gasteiger charge is -2.10. The van der Waals surface area contributed by atoms with Crippen molar-refractivity contribution in [3.05, 3.63) is 106 Å². The smallest absolute Gasteiger partial charge is 0.416 e. The number of nitrogens with one attached hydrogen (secondary N) is 2. The normalized spacial score (nSPS) is 11.2. The minimum atomic E-state index is -4.40. The summed E-state index contributed by atoms with van der Waals surface area (Å²) in [6, 6.07) is 14.7. The molecule has 0 aliphatic carbocycles. The van der Waals surface area contributed by atoms with Gasteiger partial charge in [-0.3, -0.25) is 19.3 Å². The van der Waals surface area contributed by atoms with Crippen LogP contribution in [-0.2, 0) is 19.3 Å². The Morgan fingerprint density at radius 1 is 0.949 bits per heavy atom. The summed E-state index contributed by atoms with van der Waals surface area (Å²) in [4.78, 5) is 28.9. The summed E-state index contributed by atoms with van der Waals surface area (Å²) in [5.74, 6) is -0.290. The minimum absolute atomic E-state index is 0.134. The van der Waals surface area contributed by atoms with Crippen LogP contribution in [0.3, 0.4) is 0 Å². The number of pyridine rings is 1. The summed E-state index contributed by atoms with van der Waals surface area (Å²) >= 11 is 0. The molecule has 2 N–H and O–H groups in total. The van der Waals surface area contributed by atoms with Crippen LogP contribution in [0.4, 0.5) is 18.9 Å². The van der Waals surface area contributed by atoms with Crippen molar-refractivity contribution < 1.29 is 27.5 Å². The van der Waals surface area contributed by atoms with Crippen molar-refractivity contribution in [2.75, 3.05) is 12.4 Å². The van der Waals surface area contributed by atoms with E-state index in [0.29, 0.717) is 34.9 Å². The van der Waals surface area contributed by atoms with Crippen LogP contribution in [0.2, 0.25) is 0 Å². The first-order valence-electron chi connectivity index (χ1n) is 12.0. The molecule has 0 radical (unpaired) electrons. The molecule has 2 amide bonds. The molecule has 0 saturated carbocycles. The van der Waals surface area contributed by atoms with Gasteiger partial charge in [0.2, 0.25) is 0 Å². The maximum absolute atomic E-state index is 12.9. The third kappa shape index (κ3) is 6.61. The number of hydrogen-bond donors (Lipinski definition) is 2. The van der Waals surface area contributed by atoms with E-state index in [2.05, 4.69) is 20.7 Å². The summed E-state index contributed by atoms with van der Waals surface area (Å²) < 4.78 is 45.4. The molecule has 4 rings (SSSR count). The Kier molecular flexibility index (Phi) is 7.99. The zero-order valence-corrected chi connectivity index (χ0v) is 21.5. The fourth-order valence-electron chi connectivity index (χ4n) is 3.87. The van der Waals surface area contributed by atoms with Crippen molar-refractivity contribution in [3.63, 3.8) is 0 Å². The fourth-order valence-corrected chi connectivity index (χ4v) is 3.87. The number of nitrogens with zero attached hydrogens (tertiary/aromatic N) is 3. The van der Waals surface area contributed by atoms with Crippen LogP contribution in [0.15, 0.2) is 66.9 Å². The number of anilines is 1. The van der Waals surface area contributed by atoms with E-state index in [-0.39, 0.29) is 18.4 Å². The van der Waals surface area contributed by atoms with Crippen molar-refractivity contribution in [2.45, 2.75) is 33.2 Å². The third-order valence-corrected chi connectivity index (χ3v) is 6.04. The van der Waals surface area contributed by atoms with Crippen molar-refractivity contribution in [1.82, 2.24) is 20.1 Å². The molecule has 0 aliphatic heterocycles. The second kappa shape index (κ2) is 11.4. The van der Waals surface area contributed by atoms with Gasteiger partial charge in [0.15, 0.2) is 0 Å².